The number of benzene rings is 2. The van der Waals surface area contributed by atoms with Gasteiger partial charge in [-0.3, -0.25) is 0 Å². The molecular weight excluding hydrogens is 485 g/mol. The summed E-state index contributed by atoms with van der Waals surface area (Å²) in [6.07, 6.45) is -0.781. The molecule has 1 saturated heterocycles. The molecular formula is C27H31F3N4O3. The maximum Gasteiger partial charge on any atom is 0.420 e. The van der Waals surface area contributed by atoms with Crippen LogP contribution in [0, 0.1) is 11.3 Å². The molecule has 198 valence electrons. The van der Waals surface area contributed by atoms with Crippen LogP contribution in [0.3, 0.4) is 0 Å². The minimum atomic E-state index is -4.75. The number of phenols is 1. The fourth-order valence-electron chi connectivity index (χ4n) is 5.30. The first-order chi connectivity index (χ1) is 17.6. The number of carbonyl (C=O) groups is 1. The first-order valence-electron chi connectivity index (χ1n) is 12.5. The van der Waals surface area contributed by atoms with Crippen molar-refractivity contribution in [1.29, 1.82) is 5.26 Å². The first kappa shape index (κ1) is 26.8. The van der Waals surface area contributed by atoms with E-state index in [0.717, 1.165) is 38.1 Å². The zero-order valence-corrected chi connectivity index (χ0v) is 20.5. The molecule has 0 radical (unpaired) electrons. The average molecular weight is 517 g/mol. The molecule has 0 bridgehead atoms. The fraction of sp³-hybridized carbons (Fsp3) is 0.481. The summed E-state index contributed by atoms with van der Waals surface area (Å²) in [4.78, 5) is 17.2. The summed E-state index contributed by atoms with van der Waals surface area (Å²) in [5, 5.41) is 32.7. The molecule has 0 spiro atoms. The lowest BCUT2D eigenvalue weighted by Crippen LogP contribution is -2.49. The Morgan fingerprint density at radius 2 is 1.86 bits per heavy atom. The van der Waals surface area contributed by atoms with Crippen molar-refractivity contribution in [3.63, 3.8) is 0 Å². The van der Waals surface area contributed by atoms with Gasteiger partial charge in [-0.05, 0) is 87.5 Å². The molecule has 1 heterocycles. The number of nitrogens with zero attached hydrogens (tertiary/aromatic N) is 3. The second-order valence-electron chi connectivity index (χ2n) is 9.86. The number of likely N-dealkylation sites (tertiary alicyclic amines) is 1. The van der Waals surface area contributed by atoms with E-state index in [0.29, 0.717) is 49.9 Å². The van der Waals surface area contributed by atoms with Gasteiger partial charge < -0.3 is 25.3 Å². The third-order valence-electron chi connectivity index (χ3n) is 7.42. The van der Waals surface area contributed by atoms with Crippen LogP contribution in [-0.4, -0.2) is 58.3 Å². The van der Waals surface area contributed by atoms with Gasteiger partial charge in [-0.1, -0.05) is 12.1 Å². The van der Waals surface area contributed by atoms with Gasteiger partial charge in [0.15, 0.2) is 0 Å². The molecule has 2 aromatic carbocycles. The summed E-state index contributed by atoms with van der Waals surface area (Å²) >= 11 is 0. The molecule has 7 nitrogen and oxygen atoms in total. The number of phenolic OH excluding ortho intramolecular Hbond substituents is 1. The maximum absolute atomic E-state index is 13.3. The highest BCUT2D eigenvalue weighted by molar-refractivity contribution is 5.89. The van der Waals surface area contributed by atoms with Gasteiger partial charge in [0.05, 0.1) is 22.8 Å². The lowest BCUT2D eigenvalue weighted by Gasteiger charge is -2.41. The monoisotopic (exact) mass is 516 g/mol. The van der Waals surface area contributed by atoms with Crippen LogP contribution in [0.2, 0.25) is 0 Å². The van der Waals surface area contributed by atoms with E-state index in [2.05, 4.69) is 16.3 Å². The molecule has 4 rings (SSSR count). The molecule has 2 aliphatic rings. The van der Waals surface area contributed by atoms with Crippen molar-refractivity contribution < 1.29 is 28.2 Å². The van der Waals surface area contributed by atoms with Crippen molar-refractivity contribution in [1.82, 2.24) is 9.80 Å². The Hall–Kier alpha value is -3.29. The molecule has 1 aliphatic carbocycles. The lowest BCUT2D eigenvalue weighted by atomic mass is 9.77. The number of halogens is 3. The highest BCUT2D eigenvalue weighted by atomic mass is 19.4. The van der Waals surface area contributed by atoms with Crippen LogP contribution in [0.25, 0.3) is 0 Å². The number of nitrogens with one attached hydrogen (secondary N) is 1. The summed E-state index contributed by atoms with van der Waals surface area (Å²) in [5.41, 5.74) is -1.24. The van der Waals surface area contributed by atoms with E-state index in [1.165, 1.54) is 6.07 Å². The van der Waals surface area contributed by atoms with Crippen molar-refractivity contribution in [3.05, 3.63) is 59.2 Å². The second kappa shape index (κ2) is 11.0. The Kier molecular flexibility index (Phi) is 7.95. The molecule has 3 N–H and O–H groups in total. The number of hydrogen-bond donors (Lipinski definition) is 3. The van der Waals surface area contributed by atoms with Crippen molar-refractivity contribution in [2.75, 3.05) is 31.5 Å². The van der Waals surface area contributed by atoms with E-state index in [1.807, 2.05) is 0 Å². The molecule has 10 heteroatoms. The highest BCUT2D eigenvalue weighted by Gasteiger charge is 2.38. The minimum Gasteiger partial charge on any atom is -0.507 e. The number of rotatable bonds is 6. The van der Waals surface area contributed by atoms with Crippen LogP contribution >= 0.6 is 0 Å². The topological polar surface area (TPSA) is 99.8 Å². The molecule has 0 unspecified atom stereocenters. The van der Waals surface area contributed by atoms with Crippen LogP contribution in [0.15, 0.2) is 42.5 Å². The van der Waals surface area contributed by atoms with Crippen LogP contribution in [0.4, 0.5) is 23.7 Å². The Morgan fingerprint density at radius 1 is 1.16 bits per heavy atom. The molecule has 0 atom stereocenters. The predicted octanol–water partition coefficient (Wildman–Crippen LogP) is 5.04. The fourth-order valence-corrected chi connectivity index (χ4v) is 5.30. The minimum absolute atomic E-state index is 0.0538. The third-order valence-corrected chi connectivity index (χ3v) is 7.42. The summed E-state index contributed by atoms with van der Waals surface area (Å²) in [6, 6.07) is 11.1. The van der Waals surface area contributed by atoms with Gasteiger partial charge in [0.2, 0.25) is 0 Å². The predicted molar refractivity (Wildman–Crippen MR) is 132 cm³/mol. The summed E-state index contributed by atoms with van der Waals surface area (Å²) in [5.74, 6) is -0.900. The number of nitriles is 1. The average Bonchev–Trinajstić information content (AvgIpc) is 3.39. The van der Waals surface area contributed by atoms with Crippen molar-refractivity contribution in [2.24, 2.45) is 0 Å². The number of aromatic hydroxyl groups is 1. The van der Waals surface area contributed by atoms with Gasteiger partial charge >= 0.3 is 12.2 Å². The molecule has 0 aromatic heterocycles. The smallest absolute Gasteiger partial charge is 0.420 e. The zero-order valence-electron chi connectivity index (χ0n) is 20.5. The Bertz CT molecular complexity index is 1150. The number of amides is 2. The van der Waals surface area contributed by atoms with Crippen molar-refractivity contribution in [3.8, 4) is 11.8 Å². The third kappa shape index (κ3) is 6.35. The Morgan fingerprint density at radius 3 is 2.51 bits per heavy atom. The molecule has 37 heavy (non-hydrogen) atoms. The number of alkyl halides is 3. The molecule has 2 fully saturated rings. The molecule has 2 aromatic rings. The normalized spacial score (nSPS) is 22.4. The quantitative estimate of drug-likeness (QED) is 0.467. The molecule has 1 saturated carbocycles. The number of urea groups is 1. The number of aliphatic hydroxyl groups is 1. The Balaban J connectivity index is 1.49. The lowest BCUT2D eigenvalue weighted by molar-refractivity contribution is -0.138. The van der Waals surface area contributed by atoms with E-state index in [4.69, 9.17) is 0 Å². The van der Waals surface area contributed by atoms with E-state index < -0.39 is 29.1 Å². The largest absolute Gasteiger partial charge is 0.507 e. The second-order valence-corrected chi connectivity index (χ2v) is 9.86. The summed E-state index contributed by atoms with van der Waals surface area (Å²) in [7, 11) is 0. The number of anilines is 1. The zero-order chi connectivity index (χ0) is 26.6. The molecule has 2 amide bonds. The highest BCUT2D eigenvalue weighted by Crippen LogP contribution is 2.40. The Labute approximate surface area is 214 Å². The van der Waals surface area contributed by atoms with E-state index >= 15 is 0 Å². The standard InChI is InChI=1S/C27H31F3N4O3/c28-27(29,30)23-17-21(6-7-24(23)35)32-25(36)34(15-14-33-12-1-2-13-33)22-8-10-26(37,11-9-22)20-5-3-4-19(16-20)18-31/h3-7,16-17,22,35,37H,1-2,8-15H2,(H,32,36). The van der Waals surface area contributed by atoms with Crippen LogP contribution in [0.5, 0.6) is 5.75 Å². The van der Waals surface area contributed by atoms with Gasteiger partial charge in [0.25, 0.3) is 0 Å². The van der Waals surface area contributed by atoms with Crippen LogP contribution in [-0.2, 0) is 11.8 Å². The van der Waals surface area contributed by atoms with Gasteiger partial charge in [-0.2, -0.15) is 18.4 Å². The van der Waals surface area contributed by atoms with E-state index in [1.54, 1.807) is 29.2 Å². The van der Waals surface area contributed by atoms with Crippen LogP contribution in [0.1, 0.15) is 55.2 Å². The molecule has 1 aliphatic heterocycles. The van der Waals surface area contributed by atoms with Gasteiger partial charge in [-0.25, -0.2) is 4.79 Å². The number of carbonyl (C=O) groups excluding carboxylic acids is 1. The van der Waals surface area contributed by atoms with E-state index in [-0.39, 0.29) is 11.7 Å². The van der Waals surface area contributed by atoms with Gasteiger partial charge in [-0.15, -0.1) is 0 Å². The maximum atomic E-state index is 13.3. The van der Waals surface area contributed by atoms with E-state index in [9.17, 15) is 33.4 Å². The van der Waals surface area contributed by atoms with Gasteiger partial charge in [0, 0.05) is 24.8 Å². The van der Waals surface area contributed by atoms with Crippen molar-refractivity contribution in [2.45, 2.75) is 56.3 Å². The van der Waals surface area contributed by atoms with Crippen LogP contribution < -0.4 is 5.32 Å². The number of hydrogen-bond acceptors (Lipinski definition) is 5. The summed E-state index contributed by atoms with van der Waals surface area (Å²) in [6.45, 7) is 2.95. The SMILES string of the molecule is N#Cc1cccc(C2(O)CCC(N(CCN3CCCC3)C(=O)Nc3ccc(O)c(C(F)(F)F)c3)CC2)c1. The van der Waals surface area contributed by atoms with Gasteiger partial charge in [0.1, 0.15) is 5.75 Å². The summed E-state index contributed by atoms with van der Waals surface area (Å²) < 4.78 is 39.7. The van der Waals surface area contributed by atoms with Crippen molar-refractivity contribution >= 4 is 11.7 Å². The first-order valence-corrected chi connectivity index (χ1v) is 12.5.